The van der Waals surface area contributed by atoms with Gasteiger partial charge in [0, 0.05) is 50.5 Å². The van der Waals surface area contributed by atoms with E-state index in [2.05, 4.69) is 28.4 Å². The molecule has 9 heteroatoms. The van der Waals surface area contributed by atoms with Crippen LogP contribution in [0.25, 0.3) is 0 Å². The normalized spacial score (nSPS) is 20.3. The maximum absolute atomic E-state index is 13.4. The summed E-state index contributed by atoms with van der Waals surface area (Å²) in [4.78, 5) is 4.51. The van der Waals surface area contributed by atoms with E-state index < -0.39 is 21.7 Å². The number of likely N-dealkylation sites (tertiary alicyclic amines) is 1. The quantitative estimate of drug-likeness (QED) is 0.667. The van der Waals surface area contributed by atoms with Crippen molar-refractivity contribution in [2.24, 2.45) is 0 Å². The van der Waals surface area contributed by atoms with E-state index in [1.807, 2.05) is 0 Å². The van der Waals surface area contributed by atoms with E-state index in [0.29, 0.717) is 30.7 Å². The summed E-state index contributed by atoms with van der Waals surface area (Å²) in [6, 6.07) is 3.63. The fraction of sp³-hybridized carbons (Fsp3) is 0.714. The summed E-state index contributed by atoms with van der Waals surface area (Å²) >= 11 is 0. The molecule has 0 bridgehead atoms. The number of hydrogen-bond acceptors (Lipinski definition) is 5. The molecule has 2 fully saturated rings. The molecule has 0 unspecified atom stereocenters. The standard InChI is InChI=1S/C21H33F2N3O3S/c1-16(2)25-8-3-19(4-9-25)26(20-5-11-29-12-6-20)10-7-24-30(27,28)21-14-17(22)13-18(23)15-21/h13-16,19-20,24H,3-12H2,1-2H3. The van der Waals surface area contributed by atoms with Crippen LogP contribution in [0.5, 0.6) is 0 Å². The predicted octanol–water partition coefficient (Wildman–Crippen LogP) is 2.60. The number of nitrogens with one attached hydrogen (secondary N) is 1. The Morgan fingerprint density at radius 1 is 1.07 bits per heavy atom. The van der Waals surface area contributed by atoms with E-state index >= 15 is 0 Å². The fourth-order valence-electron chi connectivity index (χ4n) is 4.49. The second-order valence-corrected chi connectivity index (χ2v) is 10.2. The van der Waals surface area contributed by atoms with Gasteiger partial charge in [-0.15, -0.1) is 0 Å². The average molecular weight is 446 g/mol. The molecule has 1 aromatic rings. The zero-order valence-electron chi connectivity index (χ0n) is 17.8. The third-order valence-electron chi connectivity index (χ3n) is 6.17. The van der Waals surface area contributed by atoms with Crippen LogP contribution in [0.4, 0.5) is 8.78 Å². The lowest BCUT2D eigenvalue weighted by Gasteiger charge is -2.44. The van der Waals surface area contributed by atoms with Gasteiger partial charge in [-0.25, -0.2) is 21.9 Å². The second kappa shape index (κ2) is 10.5. The van der Waals surface area contributed by atoms with Gasteiger partial charge in [0.05, 0.1) is 4.90 Å². The van der Waals surface area contributed by atoms with Crippen molar-refractivity contribution in [3.8, 4) is 0 Å². The van der Waals surface area contributed by atoms with Crippen LogP contribution in [0.2, 0.25) is 0 Å². The first kappa shape index (κ1) is 23.5. The summed E-state index contributed by atoms with van der Waals surface area (Å²) in [6.45, 7) is 8.70. The van der Waals surface area contributed by atoms with Crippen LogP contribution in [0.3, 0.4) is 0 Å². The molecule has 0 spiro atoms. The number of rotatable bonds is 8. The number of hydrogen-bond donors (Lipinski definition) is 1. The largest absolute Gasteiger partial charge is 0.381 e. The van der Waals surface area contributed by atoms with E-state index in [-0.39, 0.29) is 11.4 Å². The number of nitrogens with zero attached hydrogens (tertiary/aromatic N) is 2. The minimum Gasteiger partial charge on any atom is -0.381 e. The average Bonchev–Trinajstić information content (AvgIpc) is 2.71. The first-order valence-corrected chi connectivity index (χ1v) is 12.3. The van der Waals surface area contributed by atoms with Gasteiger partial charge in [0.25, 0.3) is 0 Å². The first-order valence-electron chi connectivity index (χ1n) is 10.8. The molecule has 0 radical (unpaired) electrons. The fourth-order valence-corrected chi connectivity index (χ4v) is 5.55. The van der Waals surface area contributed by atoms with E-state index in [4.69, 9.17) is 4.74 Å². The number of benzene rings is 1. The molecule has 2 saturated heterocycles. The monoisotopic (exact) mass is 445 g/mol. The molecule has 170 valence electrons. The topological polar surface area (TPSA) is 61.9 Å². The van der Waals surface area contributed by atoms with Crippen LogP contribution in [-0.4, -0.2) is 75.7 Å². The smallest absolute Gasteiger partial charge is 0.240 e. The third kappa shape index (κ3) is 6.20. The van der Waals surface area contributed by atoms with Crippen molar-refractivity contribution >= 4 is 10.0 Å². The second-order valence-electron chi connectivity index (χ2n) is 8.45. The summed E-state index contributed by atoms with van der Waals surface area (Å²) in [5.41, 5.74) is 0. The van der Waals surface area contributed by atoms with Crippen molar-refractivity contribution in [1.82, 2.24) is 14.5 Å². The van der Waals surface area contributed by atoms with E-state index in [1.54, 1.807) is 0 Å². The summed E-state index contributed by atoms with van der Waals surface area (Å²) < 4.78 is 59.9. The molecule has 0 aliphatic carbocycles. The van der Waals surface area contributed by atoms with E-state index in [0.717, 1.165) is 64.1 Å². The molecular formula is C21H33F2N3O3S. The lowest BCUT2D eigenvalue weighted by Crippen LogP contribution is -2.53. The van der Waals surface area contributed by atoms with Crippen molar-refractivity contribution in [1.29, 1.82) is 0 Å². The molecule has 0 aromatic heterocycles. The number of halogens is 2. The molecule has 0 saturated carbocycles. The zero-order chi connectivity index (χ0) is 21.7. The van der Waals surface area contributed by atoms with E-state index in [1.165, 1.54) is 0 Å². The molecule has 1 N–H and O–H groups in total. The highest BCUT2D eigenvalue weighted by molar-refractivity contribution is 7.89. The lowest BCUT2D eigenvalue weighted by molar-refractivity contribution is 0.000518. The number of sulfonamides is 1. The minimum absolute atomic E-state index is 0.197. The Labute approximate surface area is 178 Å². The molecule has 6 nitrogen and oxygen atoms in total. The molecule has 2 aliphatic heterocycles. The first-order chi connectivity index (χ1) is 14.3. The molecule has 3 rings (SSSR count). The zero-order valence-corrected chi connectivity index (χ0v) is 18.6. The Kier molecular flexibility index (Phi) is 8.20. The molecule has 2 heterocycles. The molecule has 2 aliphatic rings. The summed E-state index contributed by atoms with van der Waals surface area (Å²) in [7, 11) is -3.97. The van der Waals surface area contributed by atoms with E-state index in [9.17, 15) is 17.2 Å². The van der Waals surface area contributed by atoms with Crippen molar-refractivity contribution in [2.45, 2.75) is 62.6 Å². The van der Waals surface area contributed by atoms with Crippen molar-refractivity contribution in [3.05, 3.63) is 29.8 Å². The molecule has 0 amide bonds. The van der Waals surface area contributed by atoms with Gasteiger partial charge >= 0.3 is 0 Å². The SMILES string of the molecule is CC(C)N1CCC(N(CCNS(=O)(=O)c2cc(F)cc(F)c2)C2CCOCC2)CC1. The van der Waals surface area contributed by atoms with Gasteiger partial charge in [-0.2, -0.15) is 0 Å². The van der Waals surface area contributed by atoms with Crippen molar-refractivity contribution in [3.63, 3.8) is 0 Å². The van der Waals surface area contributed by atoms with Crippen molar-refractivity contribution in [2.75, 3.05) is 39.4 Å². The Bertz CT molecular complexity index is 772. The highest BCUT2D eigenvalue weighted by atomic mass is 32.2. The summed E-state index contributed by atoms with van der Waals surface area (Å²) in [6.07, 6.45) is 3.98. The lowest BCUT2D eigenvalue weighted by atomic mass is 9.97. The van der Waals surface area contributed by atoms with Gasteiger partial charge in [-0.1, -0.05) is 0 Å². The van der Waals surface area contributed by atoms with Crippen LogP contribution in [0.15, 0.2) is 23.1 Å². The Hall–Kier alpha value is -1.13. The highest BCUT2D eigenvalue weighted by Crippen LogP contribution is 2.24. The van der Waals surface area contributed by atoms with Gasteiger partial charge in [0.2, 0.25) is 10.0 Å². The van der Waals surface area contributed by atoms with Crippen LogP contribution in [0, 0.1) is 11.6 Å². The number of piperidine rings is 1. The summed E-state index contributed by atoms with van der Waals surface area (Å²) in [5.74, 6) is -1.81. The third-order valence-corrected chi connectivity index (χ3v) is 7.61. The van der Waals surface area contributed by atoms with Gasteiger partial charge in [-0.05, 0) is 64.8 Å². The van der Waals surface area contributed by atoms with Crippen LogP contribution < -0.4 is 4.72 Å². The molecule has 0 atom stereocenters. The minimum atomic E-state index is -3.97. The van der Waals surface area contributed by atoms with Gasteiger partial charge in [0.1, 0.15) is 11.6 Å². The Balaban J connectivity index is 1.63. The van der Waals surface area contributed by atoms with Gasteiger partial charge in [0.15, 0.2) is 0 Å². The summed E-state index contributed by atoms with van der Waals surface area (Å²) in [5, 5.41) is 0. The van der Waals surface area contributed by atoms with Crippen LogP contribution in [0.1, 0.15) is 39.5 Å². The predicted molar refractivity (Wildman–Crippen MR) is 112 cm³/mol. The van der Waals surface area contributed by atoms with Crippen LogP contribution >= 0.6 is 0 Å². The maximum atomic E-state index is 13.4. The molecule has 1 aromatic carbocycles. The molecular weight excluding hydrogens is 412 g/mol. The number of ether oxygens (including phenoxy) is 1. The maximum Gasteiger partial charge on any atom is 0.240 e. The van der Waals surface area contributed by atoms with Gasteiger partial charge < -0.3 is 9.64 Å². The van der Waals surface area contributed by atoms with Crippen LogP contribution in [-0.2, 0) is 14.8 Å². The van der Waals surface area contributed by atoms with Gasteiger partial charge in [-0.3, -0.25) is 4.90 Å². The molecule has 30 heavy (non-hydrogen) atoms. The Morgan fingerprint density at radius 3 is 2.20 bits per heavy atom. The van der Waals surface area contributed by atoms with Crippen molar-refractivity contribution < 1.29 is 21.9 Å². The Morgan fingerprint density at radius 2 is 1.63 bits per heavy atom. The highest BCUT2D eigenvalue weighted by Gasteiger charge is 2.31.